The van der Waals surface area contributed by atoms with Crippen molar-refractivity contribution in [1.29, 1.82) is 5.26 Å². The minimum absolute atomic E-state index is 0.0326. The first kappa shape index (κ1) is 14.0. The first-order valence-corrected chi connectivity index (χ1v) is 6.86. The summed E-state index contributed by atoms with van der Waals surface area (Å²) in [4.78, 5) is 2.39. The highest BCUT2D eigenvalue weighted by atomic mass is 16.5. The van der Waals surface area contributed by atoms with Crippen LogP contribution in [-0.4, -0.2) is 37.2 Å². The molecule has 2 unspecified atom stereocenters. The van der Waals surface area contributed by atoms with Gasteiger partial charge < -0.3 is 10.5 Å². The van der Waals surface area contributed by atoms with E-state index in [0.717, 1.165) is 30.6 Å². The molecule has 1 saturated heterocycles. The molecule has 2 N–H and O–H groups in total. The van der Waals surface area contributed by atoms with Crippen molar-refractivity contribution in [3.63, 3.8) is 0 Å². The number of hydrogen-bond donors (Lipinski definition) is 1. The Balaban J connectivity index is 2.37. The molecule has 1 aromatic rings. The summed E-state index contributed by atoms with van der Waals surface area (Å²) < 4.78 is 5.79. The Morgan fingerprint density at radius 2 is 2.26 bits per heavy atom. The van der Waals surface area contributed by atoms with Crippen LogP contribution in [0.2, 0.25) is 0 Å². The molecule has 1 heterocycles. The number of ether oxygens (including phenoxy) is 1. The van der Waals surface area contributed by atoms with Crippen LogP contribution >= 0.6 is 0 Å². The van der Waals surface area contributed by atoms with Crippen LogP contribution in [0.25, 0.3) is 0 Å². The molecule has 0 bridgehead atoms. The molecule has 0 aromatic heterocycles. The van der Waals surface area contributed by atoms with Crippen LogP contribution in [0.15, 0.2) is 24.3 Å². The van der Waals surface area contributed by atoms with Crippen molar-refractivity contribution < 1.29 is 4.74 Å². The van der Waals surface area contributed by atoms with E-state index in [1.807, 2.05) is 24.3 Å². The summed E-state index contributed by atoms with van der Waals surface area (Å²) in [6.07, 6.45) is 1.05. The van der Waals surface area contributed by atoms with Gasteiger partial charge in [-0.25, -0.2) is 0 Å². The van der Waals surface area contributed by atoms with Gasteiger partial charge in [-0.3, -0.25) is 4.90 Å². The minimum atomic E-state index is -0.0326. The lowest BCUT2D eigenvalue weighted by Gasteiger charge is -2.41. The number of benzene rings is 1. The molecule has 1 aromatic carbocycles. The minimum Gasteiger partial charge on any atom is -0.374 e. The summed E-state index contributed by atoms with van der Waals surface area (Å²) in [5, 5.41) is 9.28. The van der Waals surface area contributed by atoms with Crippen molar-refractivity contribution in [3.05, 3.63) is 35.4 Å². The Kier molecular flexibility index (Phi) is 4.92. The maximum Gasteiger partial charge on any atom is 0.0995 e. The van der Waals surface area contributed by atoms with Gasteiger partial charge in [-0.15, -0.1) is 0 Å². The summed E-state index contributed by atoms with van der Waals surface area (Å²) in [6, 6.07) is 10.1. The van der Waals surface area contributed by atoms with Crippen molar-refractivity contribution in [3.8, 4) is 6.07 Å². The third-order valence-electron chi connectivity index (χ3n) is 3.60. The number of nitrogens with two attached hydrogens (primary N) is 1. The molecular formula is C15H21N3O. The maximum absolute atomic E-state index is 9.28. The van der Waals surface area contributed by atoms with Crippen LogP contribution in [-0.2, 0) is 4.74 Å². The third kappa shape index (κ3) is 2.95. The monoisotopic (exact) mass is 259 g/mol. The summed E-state index contributed by atoms with van der Waals surface area (Å²) in [7, 11) is 0. The molecule has 0 radical (unpaired) electrons. The van der Waals surface area contributed by atoms with Gasteiger partial charge in [0.1, 0.15) is 0 Å². The van der Waals surface area contributed by atoms with E-state index in [0.29, 0.717) is 13.2 Å². The standard InChI is InChI=1S/C15H21N3O/c1-2-7-18-8-9-19-14(11-17)15(18)13-6-4-3-5-12(13)10-16/h3-6,14-15H,2,7-9,11,17H2,1H3. The van der Waals surface area contributed by atoms with Gasteiger partial charge in [-0.05, 0) is 24.6 Å². The normalized spacial score (nSPS) is 24.1. The lowest BCUT2D eigenvalue weighted by atomic mass is 9.94. The fourth-order valence-corrected chi connectivity index (χ4v) is 2.78. The Bertz CT molecular complexity index is 453. The van der Waals surface area contributed by atoms with E-state index in [1.165, 1.54) is 0 Å². The Morgan fingerprint density at radius 3 is 2.95 bits per heavy atom. The van der Waals surface area contributed by atoms with Crippen LogP contribution in [0.3, 0.4) is 0 Å². The molecule has 1 aliphatic rings. The zero-order valence-corrected chi connectivity index (χ0v) is 11.4. The second kappa shape index (κ2) is 6.67. The summed E-state index contributed by atoms with van der Waals surface area (Å²) >= 11 is 0. The predicted octanol–water partition coefficient (Wildman–Crippen LogP) is 1.67. The second-order valence-electron chi connectivity index (χ2n) is 4.82. The van der Waals surface area contributed by atoms with Gasteiger partial charge in [0, 0.05) is 13.1 Å². The first-order chi connectivity index (χ1) is 9.31. The molecule has 19 heavy (non-hydrogen) atoms. The number of morpholine rings is 1. The van der Waals surface area contributed by atoms with Crippen LogP contribution in [0.5, 0.6) is 0 Å². The summed E-state index contributed by atoms with van der Waals surface area (Å²) in [6.45, 7) is 5.26. The van der Waals surface area contributed by atoms with Gasteiger partial charge in [-0.1, -0.05) is 25.1 Å². The Morgan fingerprint density at radius 1 is 1.47 bits per heavy atom. The molecule has 0 aliphatic carbocycles. The zero-order chi connectivity index (χ0) is 13.7. The number of hydrogen-bond acceptors (Lipinski definition) is 4. The molecule has 102 valence electrons. The first-order valence-electron chi connectivity index (χ1n) is 6.86. The Labute approximate surface area is 114 Å². The van der Waals surface area contributed by atoms with Gasteiger partial charge in [0.15, 0.2) is 0 Å². The van der Waals surface area contributed by atoms with Crippen molar-refractivity contribution in [2.24, 2.45) is 5.73 Å². The molecule has 0 spiro atoms. The van der Waals surface area contributed by atoms with E-state index in [4.69, 9.17) is 10.5 Å². The SMILES string of the molecule is CCCN1CCOC(CN)C1c1ccccc1C#N. The van der Waals surface area contributed by atoms with Crippen molar-refractivity contribution >= 4 is 0 Å². The van der Waals surface area contributed by atoms with E-state index in [-0.39, 0.29) is 12.1 Å². The van der Waals surface area contributed by atoms with E-state index < -0.39 is 0 Å². The smallest absolute Gasteiger partial charge is 0.0995 e. The van der Waals surface area contributed by atoms with Gasteiger partial charge in [0.2, 0.25) is 0 Å². The van der Waals surface area contributed by atoms with Gasteiger partial charge in [0.25, 0.3) is 0 Å². The molecule has 4 nitrogen and oxygen atoms in total. The molecule has 2 rings (SSSR count). The van der Waals surface area contributed by atoms with Crippen molar-refractivity contribution in [2.75, 3.05) is 26.2 Å². The maximum atomic E-state index is 9.28. The van der Waals surface area contributed by atoms with E-state index >= 15 is 0 Å². The highest BCUT2D eigenvalue weighted by Gasteiger charge is 2.33. The molecule has 0 saturated carbocycles. The average Bonchev–Trinajstić information content (AvgIpc) is 2.47. The van der Waals surface area contributed by atoms with Gasteiger partial charge in [0.05, 0.1) is 30.4 Å². The molecule has 2 atom stereocenters. The quantitative estimate of drug-likeness (QED) is 0.893. The zero-order valence-electron chi connectivity index (χ0n) is 11.4. The molecule has 1 fully saturated rings. The van der Waals surface area contributed by atoms with E-state index in [2.05, 4.69) is 17.9 Å². The summed E-state index contributed by atoms with van der Waals surface area (Å²) in [5.74, 6) is 0. The molecular weight excluding hydrogens is 238 g/mol. The highest BCUT2D eigenvalue weighted by Crippen LogP contribution is 2.31. The third-order valence-corrected chi connectivity index (χ3v) is 3.60. The fraction of sp³-hybridized carbons (Fsp3) is 0.533. The van der Waals surface area contributed by atoms with Crippen molar-refractivity contribution in [2.45, 2.75) is 25.5 Å². The van der Waals surface area contributed by atoms with Crippen LogP contribution in [0.4, 0.5) is 0 Å². The lowest BCUT2D eigenvalue weighted by Crippen LogP contribution is -2.48. The number of rotatable bonds is 4. The lowest BCUT2D eigenvalue weighted by molar-refractivity contribution is -0.0677. The number of nitrogens with zero attached hydrogens (tertiary/aromatic N) is 2. The predicted molar refractivity (Wildman–Crippen MR) is 74.6 cm³/mol. The fourth-order valence-electron chi connectivity index (χ4n) is 2.78. The van der Waals surface area contributed by atoms with Crippen LogP contribution < -0.4 is 5.73 Å². The van der Waals surface area contributed by atoms with E-state index in [1.54, 1.807) is 0 Å². The van der Waals surface area contributed by atoms with Crippen LogP contribution in [0, 0.1) is 11.3 Å². The Hall–Kier alpha value is -1.41. The van der Waals surface area contributed by atoms with Gasteiger partial charge >= 0.3 is 0 Å². The topological polar surface area (TPSA) is 62.3 Å². The molecule has 1 aliphatic heterocycles. The second-order valence-corrected chi connectivity index (χ2v) is 4.82. The van der Waals surface area contributed by atoms with E-state index in [9.17, 15) is 5.26 Å². The molecule has 4 heteroatoms. The highest BCUT2D eigenvalue weighted by molar-refractivity contribution is 5.40. The van der Waals surface area contributed by atoms with Crippen LogP contribution in [0.1, 0.15) is 30.5 Å². The number of nitriles is 1. The summed E-state index contributed by atoms with van der Waals surface area (Å²) in [5.41, 5.74) is 7.60. The molecule has 0 amide bonds. The van der Waals surface area contributed by atoms with Gasteiger partial charge in [-0.2, -0.15) is 5.26 Å². The van der Waals surface area contributed by atoms with Crippen molar-refractivity contribution in [1.82, 2.24) is 4.90 Å². The largest absolute Gasteiger partial charge is 0.374 e. The average molecular weight is 259 g/mol.